The molecule has 1 aromatic heterocycles. The van der Waals surface area contributed by atoms with E-state index in [1.807, 2.05) is 28.8 Å². The predicted octanol–water partition coefficient (Wildman–Crippen LogP) is 6.18. The number of thioether (sulfide) groups is 2. The summed E-state index contributed by atoms with van der Waals surface area (Å²) in [6, 6.07) is 12.2. The van der Waals surface area contributed by atoms with Gasteiger partial charge in [-0.1, -0.05) is 63.6 Å². The van der Waals surface area contributed by atoms with Crippen LogP contribution in [0.4, 0.5) is 10.1 Å². The Kier molecular flexibility index (Phi) is 9.01. The van der Waals surface area contributed by atoms with E-state index in [0.717, 1.165) is 22.2 Å². The van der Waals surface area contributed by atoms with Crippen LogP contribution in [0.25, 0.3) is 0 Å². The van der Waals surface area contributed by atoms with E-state index in [9.17, 15) is 9.18 Å². The van der Waals surface area contributed by atoms with Crippen LogP contribution in [-0.2, 0) is 22.8 Å². The Labute approximate surface area is 202 Å². The van der Waals surface area contributed by atoms with E-state index in [1.54, 1.807) is 23.9 Å². The van der Waals surface area contributed by atoms with E-state index in [2.05, 4.69) is 38.0 Å². The fourth-order valence-electron chi connectivity index (χ4n) is 2.62. The fourth-order valence-corrected chi connectivity index (χ4v) is 4.97. The van der Waals surface area contributed by atoms with Crippen LogP contribution < -0.4 is 5.32 Å². The Morgan fingerprint density at radius 1 is 1.26 bits per heavy atom. The number of allylic oxidation sites excluding steroid dienone is 1. The molecule has 162 valence electrons. The first-order valence-electron chi connectivity index (χ1n) is 9.19. The summed E-state index contributed by atoms with van der Waals surface area (Å²) in [5, 5.41) is 12.4. The Bertz CT molecular complexity index is 1080. The van der Waals surface area contributed by atoms with Gasteiger partial charge in [0.15, 0.2) is 5.16 Å². The SMILES string of the molecule is C=CCn1c(CSCc2ccccc2Cl)nnc1SCC(=O)Nc1ccc(Br)cc1F. The molecule has 1 heterocycles. The van der Waals surface area contributed by atoms with Gasteiger partial charge >= 0.3 is 0 Å². The van der Waals surface area contributed by atoms with Crippen LogP contribution in [0.5, 0.6) is 0 Å². The van der Waals surface area contributed by atoms with Crippen molar-refractivity contribution in [2.24, 2.45) is 0 Å². The second-order valence-electron chi connectivity index (χ2n) is 6.34. The molecule has 0 spiro atoms. The average Bonchev–Trinajstić information content (AvgIpc) is 3.12. The molecule has 0 unspecified atom stereocenters. The second-order valence-corrected chi connectivity index (χ2v) is 9.59. The highest BCUT2D eigenvalue weighted by Gasteiger charge is 2.15. The van der Waals surface area contributed by atoms with Crippen molar-refractivity contribution in [2.75, 3.05) is 11.1 Å². The Morgan fingerprint density at radius 3 is 2.81 bits per heavy atom. The minimum absolute atomic E-state index is 0.0809. The third-order valence-electron chi connectivity index (χ3n) is 4.09. The smallest absolute Gasteiger partial charge is 0.234 e. The summed E-state index contributed by atoms with van der Waals surface area (Å²) >= 11 is 12.3. The monoisotopic (exact) mass is 540 g/mol. The maximum Gasteiger partial charge on any atom is 0.234 e. The zero-order chi connectivity index (χ0) is 22.2. The zero-order valence-electron chi connectivity index (χ0n) is 16.4. The third kappa shape index (κ3) is 6.83. The number of hydrogen-bond acceptors (Lipinski definition) is 5. The van der Waals surface area contributed by atoms with Crippen molar-refractivity contribution >= 4 is 62.6 Å². The summed E-state index contributed by atoms with van der Waals surface area (Å²) in [6.45, 7) is 4.32. The van der Waals surface area contributed by atoms with E-state index in [1.165, 1.54) is 23.9 Å². The lowest BCUT2D eigenvalue weighted by molar-refractivity contribution is -0.113. The van der Waals surface area contributed by atoms with Gasteiger partial charge in [-0.2, -0.15) is 0 Å². The number of aromatic nitrogens is 3. The number of halogens is 3. The Hall–Kier alpha value is -1.81. The summed E-state index contributed by atoms with van der Waals surface area (Å²) in [5.41, 5.74) is 1.20. The van der Waals surface area contributed by atoms with E-state index in [-0.39, 0.29) is 17.3 Å². The van der Waals surface area contributed by atoms with Gasteiger partial charge in [-0.3, -0.25) is 4.79 Å². The quantitative estimate of drug-likeness (QED) is 0.245. The van der Waals surface area contributed by atoms with Crippen molar-refractivity contribution in [3.63, 3.8) is 0 Å². The van der Waals surface area contributed by atoms with Crippen LogP contribution in [0.1, 0.15) is 11.4 Å². The van der Waals surface area contributed by atoms with E-state index < -0.39 is 5.82 Å². The highest BCUT2D eigenvalue weighted by Crippen LogP contribution is 2.25. The number of benzene rings is 2. The van der Waals surface area contributed by atoms with Crippen molar-refractivity contribution in [3.8, 4) is 0 Å². The molecule has 0 aliphatic heterocycles. The lowest BCUT2D eigenvalue weighted by atomic mass is 10.2. The molecule has 2 aromatic carbocycles. The van der Waals surface area contributed by atoms with Gasteiger partial charge in [-0.25, -0.2) is 4.39 Å². The molecule has 3 rings (SSSR count). The molecule has 31 heavy (non-hydrogen) atoms. The number of anilines is 1. The Balaban J connectivity index is 1.58. The highest BCUT2D eigenvalue weighted by molar-refractivity contribution is 9.10. The lowest BCUT2D eigenvalue weighted by Gasteiger charge is -2.09. The molecule has 0 saturated carbocycles. The molecule has 0 aliphatic carbocycles. The summed E-state index contributed by atoms with van der Waals surface area (Å²) < 4.78 is 16.4. The largest absolute Gasteiger partial charge is 0.323 e. The topological polar surface area (TPSA) is 59.8 Å². The van der Waals surface area contributed by atoms with E-state index in [4.69, 9.17) is 11.6 Å². The third-order valence-corrected chi connectivity index (χ3v) is 6.90. The minimum Gasteiger partial charge on any atom is -0.323 e. The predicted molar refractivity (Wildman–Crippen MR) is 130 cm³/mol. The standard InChI is InChI=1S/C21H19BrClFN4OS2/c1-2-9-28-19(12-30-11-14-5-3-4-6-16(14)23)26-27-21(28)31-13-20(29)25-18-8-7-15(22)10-17(18)24/h2-8,10H,1,9,11-13H2,(H,25,29). The summed E-state index contributed by atoms with van der Waals surface area (Å²) in [7, 11) is 0. The molecule has 0 bridgehead atoms. The first kappa shape index (κ1) is 23.8. The van der Waals surface area contributed by atoms with Gasteiger partial charge in [0.1, 0.15) is 11.6 Å². The van der Waals surface area contributed by atoms with Gasteiger partial charge in [0.25, 0.3) is 0 Å². The van der Waals surface area contributed by atoms with Gasteiger partial charge in [-0.15, -0.1) is 28.5 Å². The van der Waals surface area contributed by atoms with Crippen molar-refractivity contribution < 1.29 is 9.18 Å². The molecule has 0 atom stereocenters. The zero-order valence-corrected chi connectivity index (χ0v) is 20.3. The molecule has 3 aromatic rings. The molecular weight excluding hydrogens is 523 g/mol. The minimum atomic E-state index is -0.500. The van der Waals surface area contributed by atoms with Gasteiger partial charge in [0, 0.05) is 21.8 Å². The summed E-state index contributed by atoms with van der Waals surface area (Å²) in [6.07, 6.45) is 1.76. The number of hydrogen-bond donors (Lipinski definition) is 1. The van der Waals surface area contributed by atoms with Crippen molar-refractivity contribution in [2.45, 2.75) is 23.2 Å². The van der Waals surface area contributed by atoms with E-state index in [0.29, 0.717) is 21.9 Å². The number of nitrogens with zero attached hydrogens (tertiary/aromatic N) is 3. The van der Waals surface area contributed by atoms with Crippen LogP contribution in [0.2, 0.25) is 5.02 Å². The summed E-state index contributed by atoms with van der Waals surface area (Å²) in [4.78, 5) is 12.3. The van der Waals surface area contributed by atoms with Crippen LogP contribution in [0.3, 0.4) is 0 Å². The molecule has 5 nitrogen and oxygen atoms in total. The number of carbonyl (C=O) groups is 1. The summed E-state index contributed by atoms with van der Waals surface area (Å²) in [5.74, 6) is 1.44. The van der Waals surface area contributed by atoms with E-state index >= 15 is 0 Å². The molecule has 0 fully saturated rings. The number of carbonyl (C=O) groups excluding carboxylic acids is 1. The van der Waals surface area contributed by atoms with Gasteiger partial charge in [0.05, 0.1) is 17.2 Å². The van der Waals surface area contributed by atoms with Gasteiger partial charge < -0.3 is 9.88 Å². The van der Waals surface area contributed by atoms with Gasteiger partial charge in [0.2, 0.25) is 5.91 Å². The van der Waals surface area contributed by atoms with Crippen LogP contribution in [0.15, 0.2) is 64.7 Å². The molecule has 1 amide bonds. The van der Waals surface area contributed by atoms with Crippen LogP contribution >= 0.6 is 51.1 Å². The fraction of sp³-hybridized carbons (Fsp3) is 0.190. The molecule has 0 aliphatic rings. The normalized spacial score (nSPS) is 10.8. The maximum absolute atomic E-state index is 13.9. The molecule has 0 saturated heterocycles. The molecule has 0 radical (unpaired) electrons. The second kappa shape index (κ2) is 11.7. The molecule has 10 heteroatoms. The number of nitrogens with one attached hydrogen (secondary N) is 1. The van der Waals surface area contributed by atoms with Crippen LogP contribution in [-0.4, -0.2) is 26.4 Å². The average molecular weight is 542 g/mol. The van der Waals surface area contributed by atoms with Crippen molar-refractivity contribution in [3.05, 3.63) is 81.8 Å². The number of amides is 1. The van der Waals surface area contributed by atoms with Crippen molar-refractivity contribution in [1.82, 2.24) is 14.8 Å². The molecular formula is C21H19BrClFN4OS2. The molecule has 1 N–H and O–H groups in total. The van der Waals surface area contributed by atoms with Crippen molar-refractivity contribution in [1.29, 1.82) is 0 Å². The van der Waals surface area contributed by atoms with Gasteiger partial charge in [-0.05, 0) is 29.8 Å². The van der Waals surface area contributed by atoms with Crippen LogP contribution in [0, 0.1) is 5.82 Å². The lowest BCUT2D eigenvalue weighted by Crippen LogP contribution is -2.15. The Morgan fingerprint density at radius 2 is 2.06 bits per heavy atom. The number of rotatable bonds is 10. The highest BCUT2D eigenvalue weighted by atomic mass is 79.9. The first-order valence-corrected chi connectivity index (χ1v) is 12.5. The first-order chi connectivity index (χ1) is 15.0. The maximum atomic E-state index is 13.9.